The summed E-state index contributed by atoms with van der Waals surface area (Å²) in [6.07, 6.45) is 4.81. The maximum atomic E-state index is 13.1. The summed E-state index contributed by atoms with van der Waals surface area (Å²) in [5.74, 6) is 1.04. The molecule has 0 aliphatic carbocycles. The molecule has 0 amide bonds. The minimum atomic E-state index is -3.48. The Morgan fingerprint density at radius 1 is 1.09 bits per heavy atom. The zero-order valence-electron chi connectivity index (χ0n) is 19.2. The van der Waals surface area contributed by atoms with Crippen LogP contribution < -0.4 is 10.5 Å². The van der Waals surface area contributed by atoms with Gasteiger partial charge in [0.05, 0.1) is 18.1 Å². The smallest absolute Gasteiger partial charge is 0.261 e. The minimum absolute atomic E-state index is 0.181. The first-order chi connectivity index (χ1) is 16.3. The summed E-state index contributed by atoms with van der Waals surface area (Å²) in [6.45, 7) is 3.97. The van der Waals surface area contributed by atoms with E-state index in [0.29, 0.717) is 49.2 Å². The molecule has 3 heterocycles. The number of imidazole rings is 1. The van der Waals surface area contributed by atoms with Crippen LogP contribution in [0, 0.1) is 0 Å². The third-order valence-corrected chi connectivity index (χ3v) is 8.23. The molecule has 9 nitrogen and oxygen atoms in total. The van der Waals surface area contributed by atoms with Gasteiger partial charge in [-0.3, -0.25) is 13.8 Å². The summed E-state index contributed by atoms with van der Waals surface area (Å²) in [6, 6.07) is 8.96. The van der Waals surface area contributed by atoms with Crippen molar-refractivity contribution in [3.63, 3.8) is 0 Å². The number of fused-ring (bicyclic) bond motifs is 1. The van der Waals surface area contributed by atoms with Gasteiger partial charge < -0.3 is 10.0 Å². The van der Waals surface area contributed by atoms with Crippen LogP contribution in [-0.4, -0.2) is 70.3 Å². The Kier molecular flexibility index (Phi) is 7.61. The van der Waals surface area contributed by atoms with E-state index in [-0.39, 0.29) is 11.3 Å². The summed E-state index contributed by atoms with van der Waals surface area (Å²) in [5.41, 5.74) is 1.38. The van der Waals surface area contributed by atoms with Gasteiger partial charge in [0, 0.05) is 55.6 Å². The maximum Gasteiger partial charge on any atom is 0.261 e. The van der Waals surface area contributed by atoms with Crippen molar-refractivity contribution < 1.29 is 13.5 Å². The second-order valence-corrected chi connectivity index (χ2v) is 11.0. The zero-order chi connectivity index (χ0) is 24.3. The van der Waals surface area contributed by atoms with Gasteiger partial charge in [-0.25, -0.2) is 13.4 Å². The number of nitrogens with zero attached hydrogens (tertiary/aromatic N) is 5. The van der Waals surface area contributed by atoms with Crippen molar-refractivity contribution >= 4 is 33.2 Å². The molecular weight excluding hydrogens is 478 g/mol. The number of unbranched alkanes of at least 4 members (excludes halogenated alkanes) is 2. The Balaban J connectivity index is 1.70. The van der Waals surface area contributed by atoms with Crippen molar-refractivity contribution in [2.75, 3.05) is 43.4 Å². The van der Waals surface area contributed by atoms with Crippen LogP contribution in [0.3, 0.4) is 0 Å². The average Bonchev–Trinajstić information content (AvgIpc) is 3.27. The Morgan fingerprint density at radius 3 is 2.44 bits per heavy atom. The number of aliphatic hydroxyl groups is 1. The number of rotatable bonds is 9. The Morgan fingerprint density at radius 2 is 1.79 bits per heavy atom. The van der Waals surface area contributed by atoms with Gasteiger partial charge in [-0.15, -0.1) is 0 Å². The predicted molar refractivity (Wildman–Crippen MR) is 134 cm³/mol. The highest BCUT2D eigenvalue weighted by atomic mass is 35.5. The summed E-state index contributed by atoms with van der Waals surface area (Å²) in [7, 11) is -3.48. The number of anilines is 1. The van der Waals surface area contributed by atoms with Crippen LogP contribution in [0.2, 0.25) is 5.02 Å². The van der Waals surface area contributed by atoms with Gasteiger partial charge in [0.1, 0.15) is 5.82 Å². The summed E-state index contributed by atoms with van der Waals surface area (Å²) in [5, 5.41) is 9.69. The molecule has 1 fully saturated rings. The Bertz CT molecular complexity index is 1300. The Hall–Kier alpha value is -2.40. The quantitative estimate of drug-likeness (QED) is 0.446. The fourth-order valence-electron chi connectivity index (χ4n) is 4.28. The lowest BCUT2D eigenvalue weighted by molar-refractivity contribution is 0.312. The van der Waals surface area contributed by atoms with Crippen molar-refractivity contribution in [3.8, 4) is 11.3 Å². The van der Waals surface area contributed by atoms with Gasteiger partial charge >= 0.3 is 0 Å². The van der Waals surface area contributed by atoms with Gasteiger partial charge in [-0.2, -0.15) is 4.31 Å². The van der Waals surface area contributed by atoms with E-state index in [1.807, 2.05) is 12.1 Å². The van der Waals surface area contributed by atoms with Crippen molar-refractivity contribution in [3.05, 3.63) is 51.9 Å². The molecule has 1 aliphatic heterocycles. The molecule has 3 aromatic rings. The van der Waals surface area contributed by atoms with E-state index in [9.17, 15) is 13.2 Å². The zero-order valence-corrected chi connectivity index (χ0v) is 20.8. The number of hydrogen-bond acceptors (Lipinski definition) is 6. The van der Waals surface area contributed by atoms with Crippen LogP contribution in [-0.2, 0) is 16.6 Å². The van der Waals surface area contributed by atoms with Crippen LogP contribution in [0.4, 0.5) is 5.82 Å². The summed E-state index contributed by atoms with van der Waals surface area (Å²) >= 11 is 6.02. The molecule has 1 saturated heterocycles. The second kappa shape index (κ2) is 10.5. The monoisotopic (exact) mass is 507 g/mol. The average molecular weight is 508 g/mol. The van der Waals surface area contributed by atoms with E-state index in [2.05, 4.69) is 16.4 Å². The van der Waals surface area contributed by atoms with Crippen LogP contribution in [0.5, 0.6) is 0 Å². The molecule has 0 unspecified atom stereocenters. The highest BCUT2D eigenvalue weighted by Gasteiger charge is 2.28. The van der Waals surface area contributed by atoms with E-state index in [0.717, 1.165) is 30.6 Å². The van der Waals surface area contributed by atoms with Gasteiger partial charge in [0.2, 0.25) is 15.8 Å². The van der Waals surface area contributed by atoms with E-state index in [1.54, 1.807) is 28.8 Å². The van der Waals surface area contributed by atoms with E-state index in [4.69, 9.17) is 21.7 Å². The van der Waals surface area contributed by atoms with Crippen molar-refractivity contribution in [2.45, 2.75) is 32.7 Å². The number of sulfonamides is 1. The van der Waals surface area contributed by atoms with Crippen LogP contribution in [0.25, 0.3) is 17.0 Å². The van der Waals surface area contributed by atoms with Crippen LogP contribution in [0.1, 0.15) is 26.2 Å². The molecule has 11 heteroatoms. The molecule has 0 bridgehead atoms. The van der Waals surface area contributed by atoms with Crippen molar-refractivity contribution in [1.82, 2.24) is 18.3 Å². The molecule has 0 atom stereocenters. The first-order valence-electron chi connectivity index (χ1n) is 11.6. The first kappa shape index (κ1) is 24.7. The fraction of sp³-hybridized carbons (Fsp3) is 0.478. The van der Waals surface area contributed by atoms with Gasteiger partial charge in [-0.05, 0) is 18.6 Å². The number of halogens is 1. The lowest BCUT2D eigenvalue weighted by atomic mass is 10.2. The van der Waals surface area contributed by atoms with E-state index >= 15 is 0 Å². The number of aromatic nitrogens is 3. The molecule has 2 aromatic heterocycles. The fourth-order valence-corrected chi connectivity index (χ4v) is 5.61. The van der Waals surface area contributed by atoms with Crippen LogP contribution in [0.15, 0.2) is 41.3 Å². The summed E-state index contributed by atoms with van der Waals surface area (Å²) < 4.78 is 29.7. The van der Waals surface area contributed by atoms with Gasteiger partial charge in [-0.1, -0.05) is 43.5 Å². The lowest BCUT2D eigenvalue weighted by Crippen LogP contribution is -2.50. The molecule has 0 radical (unpaired) electrons. The highest BCUT2D eigenvalue weighted by Crippen LogP contribution is 2.24. The normalized spacial score (nSPS) is 15.3. The van der Waals surface area contributed by atoms with E-state index < -0.39 is 16.6 Å². The minimum Gasteiger partial charge on any atom is -0.395 e. The number of aryl methyl sites for hydroxylation is 1. The largest absolute Gasteiger partial charge is 0.395 e. The van der Waals surface area contributed by atoms with Gasteiger partial charge in [0.25, 0.3) is 5.56 Å². The van der Waals surface area contributed by atoms with Crippen LogP contribution >= 0.6 is 11.6 Å². The molecule has 34 heavy (non-hydrogen) atoms. The van der Waals surface area contributed by atoms with Crippen molar-refractivity contribution in [2.24, 2.45) is 0 Å². The van der Waals surface area contributed by atoms with Crippen molar-refractivity contribution in [1.29, 1.82) is 0 Å². The van der Waals surface area contributed by atoms with E-state index in [1.165, 1.54) is 4.31 Å². The SMILES string of the molecule is CCCCCn1c(N2CCN(S(=O)(=O)CCO)CC2)cc(=O)n2cc(-c3ccc(Cl)cc3)nc12. The molecule has 1 N–H and O–H groups in total. The lowest BCUT2D eigenvalue weighted by Gasteiger charge is -2.36. The second-order valence-electron chi connectivity index (χ2n) is 8.43. The molecular formula is C23H30ClN5O4S. The third kappa shape index (κ3) is 5.14. The van der Waals surface area contributed by atoms with Gasteiger partial charge in [0.15, 0.2) is 0 Å². The third-order valence-electron chi connectivity index (χ3n) is 6.13. The molecule has 1 aliphatic rings. The molecule has 0 saturated carbocycles. The molecule has 4 rings (SSSR count). The molecule has 184 valence electrons. The number of benzene rings is 1. The molecule has 1 aromatic carbocycles. The first-order valence-corrected chi connectivity index (χ1v) is 13.6. The predicted octanol–water partition coefficient (Wildman–Crippen LogP) is 2.45. The standard InChI is InChI=1S/C23H30ClN5O4S/c1-2-3-4-9-28-21(26-10-12-27(13-11-26)34(32,33)15-14-30)16-22(31)29-17-20(25-23(28)29)18-5-7-19(24)8-6-18/h5-8,16-17,30H,2-4,9-15H2,1H3. The number of hydrogen-bond donors (Lipinski definition) is 1. The highest BCUT2D eigenvalue weighted by molar-refractivity contribution is 7.89. The summed E-state index contributed by atoms with van der Waals surface area (Å²) in [4.78, 5) is 19.9. The topological polar surface area (TPSA) is 100 Å². The Labute approximate surface area is 204 Å². The number of piperazine rings is 1. The molecule has 0 spiro atoms. The number of aliphatic hydroxyl groups excluding tert-OH is 1. The maximum absolute atomic E-state index is 13.1.